The van der Waals surface area contributed by atoms with Crippen molar-refractivity contribution < 1.29 is 19.2 Å². The molecule has 0 saturated heterocycles. The summed E-state index contributed by atoms with van der Waals surface area (Å²) in [5.41, 5.74) is 29.1. The van der Waals surface area contributed by atoms with Crippen molar-refractivity contribution in [3.05, 3.63) is 168 Å². The van der Waals surface area contributed by atoms with Gasteiger partial charge in [-0.2, -0.15) is 0 Å². The summed E-state index contributed by atoms with van der Waals surface area (Å²) in [6.07, 6.45) is 0. The Bertz CT molecular complexity index is 2050. The molecule has 0 heterocycles. The van der Waals surface area contributed by atoms with Crippen LogP contribution in [0.1, 0.15) is 41.4 Å². The van der Waals surface area contributed by atoms with Crippen LogP contribution in [0.25, 0.3) is 0 Å². The van der Waals surface area contributed by atoms with E-state index in [1.54, 1.807) is 146 Å². The highest BCUT2D eigenvalue weighted by Gasteiger charge is 2.12. The van der Waals surface area contributed by atoms with Crippen LogP contribution in [0.3, 0.4) is 0 Å². The number of rotatable bonds is 8. The van der Waals surface area contributed by atoms with Crippen LogP contribution < -0.4 is 44.2 Å². The van der Waals surface area contributed by atoms with E-state index < -0.39 is 0 Å². The summed E-state index contributed by atoms with van der Waals surface area (Å²) in [5.74, 6) is -1.18. The molecule has 0 unspecified atom stereocenters. The van der Waals surface area contributed by atoms with Crippen LogP contribution in [0.4, 0.5) is 45.5 Å². The predicted octanol–water partition coefficient (Wildman–Crippen LogP) is 6.71. The predicted molar refractivity (Wildman–Crippen MR) is 208 cm³/mol. The molecule has 12 heteroatoms. The molecule has 12 N–H and O–H groups in total. The molecule has 0 bridgehead atoms. The van der Waals surface area contributed by atoms with Gasteiger partial charge in [-0.25, -0.2) is 0 Å². The van der Waals surface area contributed by atoms with Gasteiger partial charge in [-0.15, -0.1) is 0 Å². The molecule has 12 nitrogen and oxygen atoms in total. The third-order valence-electron chi connectivity index (χ3n) is 7.42. The summed E-state index contributed by atoms with van der Waals surface area (Å²) in [7, 11) is 0. The molecule has 4 amide bonds. The standard InChI is InChI=1S/2C20H18N4O2/c21-15-3-1-5-17(11-15)23-19(25)13-7-9-14(10-8-13)20(26)24-18-6-2-4-16(22)12-18;21-15-4-8-17(9-5-15)23-19(25)13-2-1-3-14(12-13)20(26)24-18-10-6-16(22)7-11-18/h2*1-12H,21-22H2,(H,23,25)(H,24,26). The summed E-state index contributed by atoms with van der Waals surface area (Å²) in [6, 6.07) is 40.4. The van der Waals surface area contributed by atoms with Gasteiger partial charge in [0.15, 0.2) is 0 Å². The highest BCUT2D eigenvalue weighted by atomic mass is 16.2. The maximum atomic E-state index is 12.4. The zero-order valence-electron chi connectivity index (χ0n) is 27.8. The first-order valence-electron chi connectivity index (χ1n) is 15.9. The molecule has 0 aliphatic carbocycles. The van der Waals surface area contributed by atoms with Crippen molar-refractivity contribution >= 4 is 69.1 Å². The Morgan fingerprint density at radius 3 is 1.00 bits per heavy atom. The van der Waals surface area contributed by atoms with E-state index in [1.807, 2.05) is 0 Å². The monoisotopic (exact) mass is 692 g/mol. The van der Waals surface area contributed by atoms with Gasteiger partial charge in [0.2, 0.25) is 0 Å². The van der Waals surface area contributed by atoms with Gasteiger partial charge in [-0.05, 0) is 127 Å². The van der Waals surface area contributed by atoms with Gasteiger partial charge in [0.1, 0.15) is 0 Å². The van der Waals surface area contributed by atoms with Gasteiger partial charge in [0.25, 0.3) is 23.6 Å². The van der Waals surface area contributed by atoms with Crippen molar-refractivity contribution in [1.29, 1.82) is 0 Å². The summed E-state index contributed by atoms with van der Waals surface area (Å²) < 4.78 is 0. The average Bonchev–Trinajstić information content (AvgIpc) is 3.14. The first kappa shape index (κ1) is 35.7. The van der Waals surface area contributed by atoms with E-state index in [0.29, 0.717) is 67.8 Å². The van der Waals surface area contributed by atoms with E-state index >= 15 is 0 Å². The lowest BCUT2D eigenvalue weighted by molar-refractivity contribution is 0.101. The van der Waals surface area contributed by atoms with E-state index in [2.05, 4.69) is 21.3 Å². The molecule has 0 atom stereocenters. The van der Waals surface area contributed by atoms with E-state index in [9.17, 15) is 19.2 Å². The number of nitrogen functional groups attached to an aromatic ring is 4. The minimum atomic E-state index is -0.308. The Balaban J connectivity index is 0.000000201. The SMILES string of the molecule is Nc1ccc(NC(=O)c2cccc(C(=O)Nc3ccc(N)cc3)c2)cc1.Nc1cccc(NC(=O)c2ccc(C(=O)Nc3cccc(N)c3)cc2)c1. The average molecular weight is 693 g/mol. The highest BCUT2D eigenvalue weighted by Crippen LogP contribution is 2.18. The molecule has 0 aliphatic heterocycles. The number of nitrogens with one attached hydrogen (secondary N) is 4. The molecule has 0 aromatic heterocycles. The number of benzene rings is 6. The third-order valence-corrected chi connectivity index (χ3v) is 7.42. The van der Waals surface area contributed by atoms with E-state index in [0.717, 1.165) is 0 Å². The zero-order chi connectivity index (χ0) is 37.0. The van der Waals surface area contributed by atoms with Crippen LogP contribution in [0, 0.1) is 0 Å². The second-order valence-corrected chi connectivity index (χ2v) is 11.5. The van der Waals surface area contributed by atoms with Crippen molar-refractivity contribution in [3.63, 3.8) is 0 Å². The largest absolute Gasteiger partial charge is 0.399 e. The van der Waals surface area contributed by atoms with Crippen molar-refractivity contribution in [2.45, 2.75) is 0 Å². The fraction of sp³-hybridized carbons (Fsp3) is 0. The Morgan fingerprint density at radius 1 is 0.308 bits per heavy atom. The Hall–Kier alpha value is -7.60. The molecule has 6 aromatic carbocycles. The maximum Gasteiger partial charge on any atom is 0.255 e. The van der Waals surface area contributed by atoms with Gasteiger partial charge in [-0.3, -0.25) is 19.2 Å². The number of anilines is 8. The van der Waals surface area contributed by atoms with Gasteiger partial charge < -0.3 is 44.2 Å². The lowest BCUT2D eigenvalue weighted by Gasteiger charge is -2.08. The fourth-order valence-electron chi connectivity index (χ4n) is 4.75. The molecule has 6 aromatic rings. The van der Waals surface area contributed by atoms with Crippen LogP contribution in [0.15, 0.2) is 146 Å². The Morgan fingerprint density at radius 2 is 0.635 bits per heavy atom. The van der Waals surface area contributed by atoms with Crippen LogP contribution in [-0.2, 0) is 0 Å². The zero-order valence-corrected chi connectivity index (χ0v) is 27.8. The van der Waals surface area contributed by atoms with E-state index in [1.165, 1.54) is 0 Å². The molecule has 6 rings (SSSR count). The van der Waals surface area contributed by atoms with Crippen molar-refractivity contribution in [1.82, 2.24) is 0 Å². The molecular formula is C40H36N8O4. The second kappa shape index (κ2) is 16.7. The van der Waals surface area contributed by atoms with Crippen LogP contribution in [0.2, 0.25) is 0 Å². The number of amides is 4. The Labute approximate surface area is 299 Å². The number of hydrogen-bond donors (Lipinski definition) is 8. The smallest absolute Gasteiger partial charge is 0.255 e. The van der Waals surface area contributed by atoms with Crippen molar-refractivity contribution in [2.24, 2.45) is 0 Å². The molecule has 0 fully saturated rings. The topological polar surface area (TPSA) is 220 Å². The first-order valence-corrected chi connectivity index (χ1v) is 15.9. The summed E-state index contributed by atoms with van der Waals surface area (Å²) >= 11 is 0. The number of carbonyl (C=O) groups is 4. The fourth-order valence-corrected chi connectivity index (χ4v) is 4.75. The number of nitrogens with two attached hydrogens (primary N) is 4. The molecule has 0 aliphatic rings. The normalized spacial score (nSPS) is 10.2. The van der Waals surface area contributed by atoms with Crippen LogP contribution >= 0.6 is 0 Å². The molecular weight excluding hydrogens is 656 g/mol. The van der Waals surface area contributed by atoms with Crippen LogP contribution in [0.5, 0.6) is 0 Å². The molecule has 0 spiro atoms. The van der Waals surface area contributed by atoms with Gasteiger partial charge in [0.05, 0.1) is 0 Å². The molecule has 52 heavy (non-hydrogen) atoms. The third kappa shape index (κ3) is 10.2. The maximum absolute atomic E-state index is 12.4. The Kier molecular flexibility index (Phi) is 11.4. The van der Waals surface area contributed by atoms with Crippen LogP contribution in [-0.4, -0.2) is 23.6 Å². The van der Waals surface area contributed by atoms with Gasteiger partial charge in [0, 0.05) is 67.8 Å². The lowest BCUT2D eigenvalue weighted by Crippen LogP contribution is -2.15. The number of carbonyl (C=O) groups excluding carboxylic acids is 4. The lowest BCUT2D eigenvalue weighted by atomic mass is 10.1. The highest BCUT2D eigenvalue weighted by molar-refractivity contribution is 6.09. The van der Waals surface area contributed by atoms with Gasteiger partial charge in [-0.1, -0.05) is 18.2 Å². The summed E-state index contributed by atoms with van der Waals surface area (Å²) in [4.78, 5) is 49.3. The first-order chi connectivity index (χ1) is 25.0. The van der Waals surface area contributed by atoms with Crippen molar-refractivity contribution in [2.75, 3.05) is 44.2 Å². The quantitative estimate of drug-likeness (QED) is 0.0799. The summed E-state index contributed by atoms with van der Waals surface area (Å²) in [6.45, 7) is 0. The van der Waals surface area contributed by atoms with Crippen molar-refractivity contribution in [3.8, 4) is 0 Å². The van der Waals surface area contributed by atoms with E-state index in [-0.39, 0.29) is 23.6 Å². The second-order valence-electron chi connectivity index (χ2n) is 11.5. The molecule has 260 valence electrons. The summed E-state index contributed by atoms with van der Waals surface area (Å²) in [5, 5.41) is 11.1. The number of hydrogen-bond acceptors (Lipinski definition) is 8. The molecule has 0 radical (unpaired) electrons. The minimum absolute atomic E-state index is 0.279. The van der Waals surface area contributed by atoms with Gasteiger partial charge >= 0.3 is 0 Å². The molecule has 0 saturated carbocycles. The van der Waals surface area contributed by atoms with E-state index in [4.69, 9.17) is 22.9 Å². The minimum Gasteiger partial charge on any atom is -0.399 e.